The Hall–Kier alpha value is -1.62. The molecule has 1 fully saturated rings. The molecule has 0 aliphatic carbocycles. The van der Waals surface area contributed by atoms with Gasteiger partial charge in [0.15, 0.2) is 0 Å². The van der Waals surface area contributed by atoms with Crippen molar-refractivity contribution in [1.29, 1.82) is 0 Å². The molecular weight excluding hydrogens is 208 g/mol. The van der Waals surface area contributed by atoms with Gasteiger partial charge >= 0.3 is 5.97 Å². The molecule has 1 aromatic rings. The molecule has 0 aromatic carbocycles. The molecule has 0 radical (unpaired) electrons. The molecule has 1 aromatic heterocycles. The van der Waals surface area contributed by atoms with Gasteiger partial charge in [-0.25, -0.2) is 9.78 Å². The molecule has 16 heavy (non-hydrogen) atoms. The average Bonchev–Trinajstić information content (AvgIpc) is 2.29. The van der Waals surface area contributed by atoms with E-state index in [0.29, 0.717) is 37.7 Å². The summed E-state index contributed by atoms with van der Waals surface area (Å²) in [6, 6.07) is 1.72. The predicted octanol–water partition coefficient (Wildman–Crippen LogP) is 0.925. The van der Waals surface area contributed by atoms with Crippen molar-refractivity contribution in [3.63, 3.8) is 0 Å². The van der Waals surface area contributed by atoms with Crippen molar-refractivity contribution in [2.24, 2.45) is 0 Å². The summed E-state index contributed by atoms with van der Waals surface area (Å²) in [5, 5.41) is 9.18. The molecule has 1 aliphatic heterocycles. The van der Waals surface area contributed by atoms with Crippen LogP contribution in [0.4, 0.5) is 5.82 Å². The number of carboxylic acids is 1. The van der Waals surface area contributed by atoms with Crippen LogP contribution in [0.3, 0.4) is 0 Å². The summed E-state index contributed by atoms with van der Waals surface area (Å²) in [5.41, 5.74) is 1.04. The first-order chi connectivity index (χ1) is 7.70. The summed E-state index contributed by atoms with van der Waals surface area (Å²) in [6.45, 7) is 4.41. The predicted molar refractivity (Wildman–Crippen MR) is 59.0 cm³/mol. The molecule has 0 unspecified atom stereocenters. The van der Waals surface area contributed by atoms with E-state index in [0.717, 1.165) is 5.56 Å². The van der Waals surface area contributed by atoms with Gasteiger partial charge in [0.25, 0.3) is 0 Å². The minimum absolute atomic E-state index is 0.296. The summed E-state index contributed by atoms with van der Waals surface area (Å²) in [6.07, 6.45) is 1.65. The number of carboxylic acid groups (broad SMARTS) is 1. The van der Waals surface area contributed by atoms with Gasteiger partial charge in [0.2, 0.25) is 0 Å². The van der Waals surface area contributed by atoms with Crippen molar-refractivity contribution in [2.45, 2.75) is 6.92 Å². The van der Waals surface area contributed by atoms with E-state index >= 15 is 0 Å². The lowest BCUT2D eigenvalue weighted by Gasteiger charge is -2.29. The van der Waals surface area contributed by atoms with E-state index < -0.39 is 5.97 Å². The zero-order valence-electron chi connectivity index (χ0n) is 9.14. The van der Waals surface area contributed by atoms with Crippen molar-refractivity contribution in [3.8, 4) is 0 Å². The third kappa shape index (κ3) is 1.99. The summed E-state index contributed by atoms with van der Waals surface area (Å²) < 4.78 is 5.23. The third-order valence-corrected chi connectivity index (χ3v) is 2.66. The molecule has 1 N–H and O–H groups in total. The lowest BCUT2D eigenvalue weighted by Crippen LogP contribution is -2.37. The van der Waals surface area contributed by atoms with E-state index in [1.165, 1.54) is 0 Å². The van der Waals surface area contributed by atoms with E-state index in [1.807, 2.05) is 4.90 Å². The normalized spacial score (nSPS) is 16.2. The van der Waals surface area contributed by atoms with E-state index in [-0.39, 0.29) is 0 Å². The number of hydrogen-bond acceptors (Lipinski definition) is 4. The summed E-state index contributed by atoms with van der Waals surface area (Å²) in [4.78, 5) is 17.3. The number of aromatic carboxylic acids is 1. The minimum Gasteiger partial charge on any atom is -0.478 e. The number of morpholine rings is 1. The number of aryl methyl sites for hydroxylation is 1. The van der Waals surface area contributed by atoms with Crippen molar-refractivity contribution < 1.29 is 14.6 Å². The highest BCUT2D eigenvalue weighted by atomic mass is 16.5. The van der Waals surface area contributed by atoms with Crippen LogP contribution in [0.1, 0.15) is 15.9 Å². The van der Waals surface area contributed by atoms with Crippen LogP contribution in [0, 0.1) is 6.92 Å². The molecule has 2 heterocycles. The Morgan fingerprint density at radius 2 is 2.19 bits per heavy atom. The lowest BCUT2D eigenvalue weighted by molar-refractivity contribution is 0.0695. The highest BCUT2D eigenvalue weighted by molar-refractivity contribution is 5.94. The van der Waals surface area contributed by atoms with E-state index in [1.54, 1.807) is 19.2 Å². The van der Waals surface area contributed by atoms with Gasteiger partial charge in [-0.1, -0.05) is 0 Å². The lowest BCUT2D eigenvalue weighted by atomic mass is 10.1. The van der Waals surface area contributed by atoms with Crippen LogP contribution in [-0.4, -0.2) is 42.4 Å². The van der Waals surface area contributed by atoms with Crippen LogP contribution in [0.5, 0.6) is 0 Å². The zero-order chi connectivity index (χ0) is 11.5. The van der Waals surface area contributed by atoms with Crippen LogP contribution in [0.2, 0.25) is 0 Å². The van der Waals surface area contributed by atoms with E-state index in [4.69, 9.17) is 4.74 Å². The second-order valence-electron chi connectivity index (χ2n) is 3.73. The maximum Gasteiger partial charge on any atom is 0.339 e. The summed E-state index contributed by atoms with van der Waals surface area (Å²) in [5.74, 6) is -0.372. The number of pyridine rings is 1. The first kappa shape index (κ1) is 10.9. The monoisotopic (exact) mass is 222 g/mol. The Balaban J connectivity index is 2.38. The van der Waals surface area contributed by atoms with E-state index in [9.17, 15) is 9.90 Å². The van der Waals surface area contributed by atoms with Gasteiger partial charge in [-0.05, 0) is 18.6 Å². The van der Waals surface area contributed by atoms with Gasteiger partial charge < -0.3 is 14.7 Å². The average molecular weight is 222 g/mol. The number of ether oxygens (including phenoxy) is 1. The van der Waals surface area contributed by atoms with Crippen LogP contribution >= 0.6 is 0 Å². The highest BCUT2D eigenvalue weighted by Gasteiger charge is 2.21. The Bertz CT molecular complexity index is 400. The molecular formula is C11H14N2O3. The zero-order valence-corrected chi connectivity index (χ0v) is 9.14. The van der Waals surface area contributed by atoms with Gasteiger partial charge in [0.05, 0.1) is 13.2 Å². The SMILES string of the molecule is Cc1ccnc(N2CCOCC2)c1C(=O)O. The molecule has 0 spiro atoms. The van der Waals surface area contributed by atoms with Gasteiger partial charge in [-0.3, -0.25) is 0 Å². The number of aromatic nitrogens is 1. The summed E-state index contributed by atoms with van der Waals surface area (Å²) >= 11 is 0. The Kier molecular flexibility index (Phi) is 3.05. The van der Waals surface area contributed by atoms with Crippen LogP contribution in [0.15, 0.2) is 12.3 Å². The summed E-state index contributed by atoms with van der Waals surface area (Å²) in [7, 11) is 0. The van der Waals surface area contributed by atoms with Gasteiger partial charge in [-0.15, -0.1) is 0 Å². The standard InChI is InChI=1S/C11H14N2O3/c1-8-2-3-12-10(9(8)11(14)15)13-4-6-16-7-5-13/h2-3H,4-7H2,1H3,(H,14,15). The van der Waals surface area contributed by atoms with Gasteiger partial charge in [0.1, 0.15) is 11.4 Å². The molecule has 86 valence electrons. The molecule has 5 nitrogen and oxygen atoms in total. The molecule has 0 saturated carbocycles. The molecule has 0 amide bonds. The van der Waals surface area contributed by atoms with Crippen molar-refractivity contribution in [3.05, 3.63) is 23.4 Å². The Labute approximate surface area is 93.7 Å². The van der Waals surface area contributed by atoms with Crippen LogP contribution < -0.4 is 4.90 Å². The van der Waals surface area contributed by atoms with Crippen LogP contribution in [0.25, 0.3) is 0 Å². The largest absolute Gasteiger partial charge is 0.478 e. The third-order valence-electron chi connectivity index (χ3n) is 2.66. The number of nitrogens with zero attached hydrogens (tertiary/aromatic N) is 2. The van der Waals surface area contributed by atoms with Crippen LogP contribution in [-0.2, 0) is 4.74 Å². The molecule has 5 heteroatoms. The molecule has 2 rings (SSSR count). The highest BCUT2D eigenvalue weighted by Crippen LogP contribution is 2.21. The molecule has 0 bridgehead atoms. The van der Waals surface area contributed by atoms with Crippen molar-refractivity contribution in [1.82, 2.24) is 4.98 Å². The fraction of sp³-hybridized carbons (Fsp3) is 0.455. The fourth-order valence-electron chi connectivity index (χ4n) is 1.82. The first-order valence-electron chi connectivity index (χ1n) is 5.21. The Morgan fingerprint density at radius 3 is 2.81 bits per heavy atom. The molecule has 0 atom stereocenters. The van der Waals surface area contributed by atoms with Crippen molar-refractivity contribution in [2.75, 3.05) is 31.2 Å². The Morgan fingerprint density at radius 1 is 1.50 bits per heavy atom. The van der Waals surface area contributed by atoms with Gasteiger partial charge in [-0.2, -0.15) is 0 Å². The quantitative estimate of drug-likeness (QED) is 0.806. The number of rotatable bonds is 2. The molecule has 1 aliphatic rings. The fourth-order valence-corrected chi connectivity index (χ4v) is 1.82. The second kappa shape index (κ2) is 4.49. The molecule has 1 saturated heterocycles. The smallest absolute Gasteiger partial charge is 0.339 e. The van der Waals surface area contributed by atoms with Gasteiger partial charge in [0, 0.05) is 19.3 Å². The second-order valence-corrected chi connectivity index (χ2v) is 3.73. The maximum absolute atomic E-state index is 11.2. The number of anilines is 1. The number of carbonyl (C=O) groups is 1. The first-order valence-corrected chi connectivity index (χ1v) is 5.21. The maximum atomic E-state index is 11.2. The van der Waals surface area contributed by atoms with E-state index in [2.05, 4.69) is 4.98 Å². The number of hydrogen-bond donors (Lipinski definition) is 1. The topological polar surface area (TPSA) is 62.7 Å². The minimum atomic E-state index is -0.924. The van der Waals surface area contributed by atoms with Crippen molar-refractivity contribution >= 4 is 11.8 Å².